The molecule has 0 aromatic carbocycles. The molecule has 0 saturated carbocycles. The van der Waals surface area contributed by atoms with Gasteiger partial charge < -0.3 is 24.9 Å². The van der Waals surface area contributed by atoms with Gasteiger partial charge in [0.05, 0.1) is 31.6 Å². The lowest BCUT2D eigenvalue weighted by Gasteiger charge is -2.16. The van der Waals surface area contributed by atoms with Crippen molar-refractivity contribution in [3.63, 3.8) is 0 Å². The fraction of sp³-hybridized carbons (Fsp3) is 0.583. The molecule has 0 spiro atoms. The third-order valence-electron chi connectivity index (χ3n) is 2.43. The number of rotatable bonds is 8. The molecule has 3 N–H and O–H groups in total. The smallest absolute Gasteiger partial charge is 0.237 e. The molecule has 102 valence electrons. The maximum Gasteiger partial charge on any atom is 0.237 e. The van der Waals surface area contributed by atoms with Gasteiger partial charge in [-0.25, -0.2) is 0 Å². The van der Waals surface area contributed by atoms with E-state index in [1.165, 1.54) is 7.11 Å². The molecule has 0 radical (unpaired) electrons. The summed E-state index contributed by atoms with van der Waals surface area (Å²) < 4.78 is 9.89. The molecule has 18 heavy (non-hydrogen) atoms. The van der Waals surface area contributed by atoms with Gasteiger partial charge in [0.2, 0.25) is 5.91 Å². The van der Waals surface area contributed by atoms with E-state index in [-0.39, 0.29) is 18.6 Å². The summed E-state index contributed by atoms with van der Waals surface area (Å²) in [5, 5.41) is 15.1. The van der Waals surface area contributed by atoms with E-state index in [1.54, 1.807) is 25.3 Å². The van der Waals surface area contributed by atoms with Crippen LogP contribution in [-0.2, 0) is 16.1 Å². The molecule has 2 unspecified atom stereocenters. The predicted octanol–water partition coefficient (Wildman–Crippen LogP) is -0.119. The minimum Gasteiger partial charge on any atom is -0.467 e. The Hall–Kier alpha value is -1.37. The maximum atomic E-state index is 11.7. The van der Waals surface area contributed by atoms with Gasteiger partial charge >= 0.3 is 0 Å². The van der Waals surface area contributed by atoms with Gasteiger partial charge in [-0.2, -0.15) is 0 Å². The van der Waals surface area contributed by atoms with Crippen LogP contribution in [0.4, 0.5) is 0 Å². The van der Waals surface area contributed by atoms with Crippen LogP contribution >= 0.6 is 0 Å². The van der Waals surface area contributed by atoms with Crippen molar-refractivity contribution in [2.45, 2.75) is 25.6 Å². The van der Waals surface area contributed by atoms with Crippen LogP contribution in [0.25, 0.3) is 0 Å². The number of aliphatic hydroxyl groups is 1. The van der Waals surface area contributed by atoms with Crippen LogP contribution in [0.5, 0.6) is 0 Å². The summed E-state index contributed by atoms with van der Waals surface area (Å²) in [6.07, 6.45) is 0.944. The summed E-state index contributed by atoms with van der Waals surface area (Å²) in [7, 11) is 1.52. The van der Waals surface area contributed by atoms with Crippen LogP contribution in [0.3, 0.4) is 0 Å². The van der Waals surface area contributed by atoms with Crippen LogP contribution in [-0.4, -0.2) is 43.4 Å². The second kappa shape index (κ2) is 7.86. The van der Waals surface area contributed by atoms with Gasteiger partial charge in [-0.15, -0.1) is 0 Å². The molecule has 0 aliphatic rings. The lowest BCUT2D eigenvalue weighted by Crippen LogP contribution is -2.45. The van der Waals surface area contributed by atoms with Crippen LogP contribution < -0.4 is 10.6 Å². The van der Waals surface area contributed by atoms with Gasteiger partial charge in [0.1, 0.15) is 5.76 Å². The highest BCUT2D eigenvalue weighted by atomic mass is 16.5. The highest BCUT2D eigenvalue weighted by molar-refractivity contribution is 5.81. The predicted molar refractivity (Wildman–Crippen MR) is 65.9 cm³/mol. The Kier molecular flexibility index (Phi) is 6.42. The van der Waals surface area contributed by atoms with Gasteiger partial charge in [-0.3, -0.25) is 4.79 Å². The Balaban J connectivity index is 2.20. The molecule has 0 aliphatic carbocycles. The summed E-state index contributed by atoms with van der Waals surface area (Å²) in [6.45, 7) is 2.65. The molecule has 1 heterocycles. The van der Waals surface area contributed by atoms with E-state index < -0.39 is 6.10 Å². The highest BCUT2D eigenvalue weighted by Crippen LogP contribution is 1.98. The zero-order valence-electron chi connectivity index (χ0n) is 10.7. The number of furan rings is 1. The molecule has 1 aromatic rings. The van der Waals surface area contributed by atoms with Crippen LogP contribution in [0, 0.1) is 0 Å². The second-order valence-electron chi connectivity index (χ2n) is 4.04. The van der Waals surface area contributed by atoms with Gasteiger partial charge in [-0.1, -0.05) is 0 Å². The number of aliphatic hydroxyl groups excluding tert-OH is 1. The first-order valence-corrected chi connectivity index (χ1v) is 5.84. The van der Waals surface area contributed by atoms with Crippen LogP contribution in [0.15, 0.2) is 22.8 Å². The summed E-state index contributed by atoms with van der Waals surface area (Å²) in [4.78, 5) is 11.7. The van der Waals surface area contributed by atoms with Crippen molar-refractivity contribution in [2.24, 2.45) is 0 Å². The Bertz CT molecular complexity index is 340. The first-order valence-electron chi connectivity index (χ1n) is 5.84. The number of carbonyl (C=O) groups excluding carboxylic acids is 1. The maximum absolute atomic E-state index is 11.7. The Labute approximate surface area is 106 Å². The van der Waals surface area contributed by atoms with E-state index in [0.717, 1.165) is 0 Å². The lowest BCUT2D eigenvalue weighted by molar-refractivity contribution is -0.123. The molecule has 0 aliphatic heterocycles. The van der Waals surface area contributed by atoms with Crippen molar-refractivity contribution < 1.29 is 19.1 Å². The fourth-order valence-electron chi connectivity index (χ4n) is 1.40. The first-order chi connectivity index (χ1) is 8.63. The molecule has 1 rings (SSSR count). The lowest BCUT2D eigenvalue weighted by atomic mass is 10.2. The average molecular weight is 256 g/mol. The van der Waals surface area contributed by atoms with Gasteiger partial charge in [0, 0.05) is 13.7 Å². The fourth-order valence-corrected chi connectivity index (χ4v) is 1.40. The largest absolute Gasteiger partial charge is 0.467 e. The Morgan fingerprint density at radius 2 is 2.39 bits per heavy atom. The number of ether oxygens (including phenoxy) is 1. The molecular formula is C12H20N2O4. The zero-order valence-corrected chi connectivity index (χ0v) is 10.7. The molecule has 1 amide bonds. The van der Waals surface area contributed by atoms with Crippen molar-refractivity contribution in [3.05, 3.63) is 24.2 Å². The van der Waals surface area contributed by atoms with Gasteiger partial charge in [0.25, 0.3) is 0 Å². The molecule has 6 heteroatoms. The van der Waals surface area contributed by atoms with Crippen molar-refractivity contribution >= 4 is 5.91 Å². The number of amides is 1. The molecule has 0 saturated heterocycles. The molecular weight excluding hydrogens is 236 g/mol. The summed E-state index contributed by atoms with van der Waals surface area (Å²) in [6, 6.07) is 3.18. The summed E-state index contributed by atoms with van der Waals surface area (Å²) in [5.41, 5.74) is 0. The topological polar surface area (TPSA) is 83.7 Å². The SMILES string of the molecule is COCC(O)CNC(C)C(=O)NCc1ccco1. The number of hydrogen-bond acceptors (Lipinski definition) is 5. The zero-order chi connectivity index (χ0) is 13.4. The normalized spacial score (nSPS) is 14.2. The van der Waals surface area contributed by atoms with E-state index >= 15 is 0 Å². The molecule has 2 atom stereocenters. The summed E-state index contributed by atoms with van der Waals surface area (Å²) >= 11 is 0. The van der Waals surface area contributed by atoms with E-state index in [9.17, 15) is 9.90 Å². The second-order valence-corrected chi connectivity index (χ2v) is 4.04. The van der Waals surface area contributed by atoms with E-state index in [4.69, 9.17) is 9.15 Å². The third kappa shape index (κ3) is 5.31. The van der Waals surface area contributed by atoms with Crippen molar-refractivity contribution in [1.82, 2.24) is 10.6 Å². The van der Waals surface area contributed by atoms with Crippen LogP contribution in [0.1, 0.15) is 12.7 Å². The molecule has 0 fully saturated rings. The van der Waals surface area contributed by atoms with E-state index in [0.29, 0.717) is 18.8 Å². The monoisotopic (exact) mass is 256 g/mol. The highest BCUT2D eigenvalue weighted by Gasteiger charge is 2.13. The first kappa shape index (κ1) is 14.7. The molecule has 1 aromatic heterocycles. The minimum atomic E-state index is -0.615. The van der Waals surface area contributed by atoms with Crippen molar-refractivity contribution in [2.75, 3.05) is 20.3 Å². The van der Waals surface area contributed by atoms with Gasteiger partial charge in [0.15, 0.2) is 0 Å². The van der Waals surface area contributed by atoms with E-state index in [2.05, 4.69) is 10.6 Å². The summed E-state index contributed by atoms with van der Waals surface area (Å²) in [5.74, 6) is 0.561. The average Bonchev–Trinajstić information content (AvgIpc) is 2.86. The van der Waals surface area contributed by atoms with Gasteiger partial charge in [-0.05, 0) is 19.1 Å². The minimum absolute atomic E-state index is 0.143. The standard InChI is InChI=1S/C12H20N2O4/c1-9(13-6-10(15)8-17-2)12(16)14-7-11-4-3-5-18-11/h3-5,9-10,13,15H,6-8H2,1-2H3,(H,14,16). The Morgan fingerprint density at radius 1 is 1.61 bits per heavy atom. The quantitative estimate of drug-likeness (QED) is 0.604. The number of nitrogens with one attached hydrogen (secondary N) is 2. The van der Waals surface area contributed by atoms with Crippen molar-refractivity contribution in [3.8, 4) is 0 Å². The van der Waals surface area contributed by atoms with Crippen molar-refractivity contribution in [1.29, 1.82) is 0 Å². The van der Waals surface area contributed by atoms with E-state index in [1.807, 2.05) is 0 Å². The third-order valence-corrected chi connectivity index (χ3v) is 2.43. The van der Waals surface area contributed by atoms with Crippen LogP contribution in [0.2, 0.25) is 0 Å². The molecule has 6 nitrogen and oxygen atoms in total. The number of methoxy groups -OCH3 is 1. The molecule has 0 bridgehead atoms. The number of hydrogen-bond donors (Lipinski definition) is 3. The Morgan fingerprint density at radius 3 is 3.00 bits per heavy atom. The number of carbonyl (C=O) groups is 1.